The van der Waals surface area contributed by atoms with Gasteiger partial charge in [-0.25, -0.2) is 4.39 Å². The van der Waals surface area contributed by atoms with Gasteiger partial charge in [0.2, 0.25) is 11.8 Å². The maximum absolute atomic E-state index is 13.2. The summed E-state index contributed by atoms with van der Waals surface area (Å²) < 4.78 is 13.2. The van der Waals surface area contributed by atoms with E-state index in [4.69, 9.17) is 0 Å². The molecule has 0 heterocycles. The highest BCUT2D eigenvalue weighted by Gasteiger charge is 2.28. The lowest BCUT2D eigenvalue weighted by atomic mass is 10.0. The molecule has 144 valence electrons. The maximum atomic E-state index is 13.2. The van der Waals surface area contributed by atoms with Crippen molar-refractivity contribution in [3.05, 3.63) is 70.5 Å². The van der Waals surface area contributed by atoms with Gasteiger partial charge in [0.1, 0.15) is 11.9 Å². The Labute approximate surface area is 160 Å². The third-order valence-corrected chi connectivity index (χ3v) is 4.83. The zero-order valence-electron chi connectivity index (χ0n) is 16.4. The van der Waals surface area contributed by atoms with E-state index in [0.717, 1.165) is 16.7 Å². The SMILES string of the molecule is CC[C@@H](C(=O)NC)N(Cc1ccc(F)cc1)C(=O)Cc1ccc(C)c(C)c1. The van der Waals surface area contributed by atoms with E-state index in [1.54, 1.807) is 24.1 Å². The van der Waals surface area contributed by atoms with Crippen LogP contribution >= 0.6 is 0 Å². The number of hydrogen-bond donors (Lipinski definition) is 1. The van der Waals surface area contributed by atoms with Crippen LogP contribution in [0, 0.1) is 19.7 Å². The van der Waals surface area contributed by atoms with E-state index >= 15 is 0 Å². The molecule has 1 atom stereocenters. The first kappa shape index (κ1) is 20.6. The second-order valence-electron chi connectivity index (χ2n) is 6.78. The summed E-state index contributed by atoms with van der Waals surface area (Å²) in [5, 5.41) is 2.63. The highest BCUT2D eigenvalue weighted by Crippen LogP contribution is 2.16. The minimum Gasteiger partial charge on any atom is -0.357 e. The second-order valence-corrected chi connectivity index (χ2v) is 6.78. The van der Waals surface area contributed by atoms with Crippen LogP contribution in [-0.2, 0) is 22.6 Å². The van der Waals surface area contributed by atoms with Gasteiger partial charge in [0.25, 0.3) is 0 Å². The van der Waals surface area contributed by atoms with Crippen LogP contribution in [0.3, 0.4) is 0 Å². The lowest BCUT2D eigenvalue weighted by Crippen LogP contribution is -2.48. The van der Waals surface area contributed by atoms with Crippen LogP contribution in [0.4, 0.5) is 4.39 Å². The molecule has 0 aliphatic carbocycles. The summed E-state index contributed by atoms with van der Waals surface area (Å²) in [7, 11) is 1.56. The van der Waals surface area contributed by atoms with Crippen LogP contribution in [-0.4, -0.2) is 29.8 Å². The van der Waals surface area contributed by atoms with Crippen molar-refractivity contribution in [3.63, 3.8) is 0 Å². The van der Waals surface area contributed by atoms with E-state index in [1.807, 2.05) is 39.0 Å². The van der Waals surface area contributed by atoms with Crippen LogP contribution < -0.4 is 5.32 Å². The summed E-state index contributed by atoms with van der Waals surface area (Å²) in [4.78, 5) is 27.0. The van der Waals surface area contributed by atoms with Crippen molar-refractivity contribution in [2.75, 3.05) is 7.05 Å². The zero-order chi connectivity index (χ0) is 20.0. The van der Waals surface area contributed by atoms with Crippen LogP contribution in [0.2, 0.25) is 0 Å². The van der Waals surface area contributed by atoms with Gasteiger partial charge in [0.15, 0.2) is 0 Å². The largest absolute Gasteiger partial charge is 0.357 e. The van der Waals surface area contributed by atoms with Crippen LogP contribution in [0.1, 0.15) is 35.6 Å². The Balaban J connectivity index is 2.28. The van der Waals surface area contributed by atoms with E-state index in [0.29, 0.717) is 6.42 Å². The first-order valence-corrected chi connectivity index (χ1v) is 9.17. The third kappa shape index (κ3) is 5.39. The lowest BCUT2D eigenvalue weighted by molar-refractivity contribution is -0.140. The van der Waals surface area contributed by atoms with Gasteiger partial charge in [-0.1, -0.05) is 37.3 Å². The molecule has 0 fully saturated rings. The molecule has 0 aliphatic heterocycles. The van der Waals surface area contributed by atoms with E-state index in [2.05, 4.69) is 5.32 Å². The molecule has 5 heteroatoms. The smallest absolute Gasteiger partial charge is 0.242 e. The van der Waals surface area contributed by atoms with E-state index < -0.39 is 6.04 Å². The summed E-state index contributed by atoms with van der Waals surface area (Å²) in [6.07, 6.45) is 0.718. The van der Waals surface area contributed by atoms with Gasteiger partial charge < -0.3 is 10.2 Å². The summed E-state index contributed by atoms with van der Waals surface area (Å²) in [6, 6.07) is 11.4. The molecule has 0 spiro atoms. The molecule has 0 saturated carbocycles. The number of likely N-dealkylation sites (N-methyl/N-ethyl adjacent to an activating group) is 1. The molecule has 1 N–H and O–H groups in total. The molecule has 0 aromatic heterocycles. The van der Waals surface area contributed by atoms with E-state index in [9.17, 15) is 14.0 Å². The van der Waals surface area contributed by atoms with Crippen molar-refractivity contribution in [3.8, 4) is 0 Å². The summed E-state index contributed by atoms with van der Waals surface area (Å²) in [6.45, 7) is 6.18. The quantitative estimate of drug-likeness (QED) is 0.810. The van der Waals surface area contributed by atoms with Crippen molar-refractivity contribution < 1.29 is 14.0 Å². The van der Waals surface area contributed by atoms with Gasteiger partial charge in [-0.05, 0) is 54.7 Å². The molecule has 2 amide bonds. The molecule has 4 nitrogen and oxygen atoms in total. The molecule has 27 heavy (non-hydrogen) atoms. The number of nitrogens with zero attached hydrogens (tertiary/aromatic N) is 1. The fraction of sp³-hybridized carbons (Fsp3) is 0.364. The van der Waals surface area contributed by atoms with Gasteiger partial charge in [0, 0.05) is 13.6 Å². The van der Waals surface area contributed by atoms with Gasteiger partial charge >= 0.3 is 0 Å². The van der Waals surface area contributed by atoms with Crippen molar-refractivity contribution in [1.82, 2.24) is 10.2 Å². The molecule has 0 saturated heterocycles. The molecule has 2 aromatic carbocycles. The van der Waals surface area contributed by atoms with Crippen molar-refractivity contribution >= 4 is 11.8 Å². The second kappa shape index (κ2) is 9.31. The number of hydrogen-bond acceptors (Lipinski definition) is 2. The first-order valence-electron chi connectivity index (χ1n) is 9.17. The minimum atomic E-state index is -0.570. The highest BCUT2D eigenvalue weighted by molar-refractivity contribution is 5.88. The zero-order valence-corrected chi connectivity index (χ0v) is 16.4. The monoisotopic (exact) mass is 370 g/mol. The Kier molecular flexibility index (Phi) is 7.11. The Morgan fingerprint density at radius 1 is 1.04 bits per heavy atom. The molecule has 2 aromatic rings. The topological polar surface area (TPSA) is 49.4 Å². The number of carbonyl (C=O) groups excluding carboxylic acids is 2. The first-order chi connectivity index (χ1) is 12.8. The molecular weight excluding hydrogens is 343 g/mol. The van der Waals surface area contributed by atoms with Crippen LogP contribution in [0.25, 0.3) is 0 Å². The molecule has 0 unspecified atom stereocenters. The molecule has 0 bridgehead atoms. The Bertz CT molecular complexity index is 802. The Morgan fingerprint density at radius 2 is 1.67 bits per heavy atom. The lowest BCUT2D eigenvalue weighted by Gasteiger charge is -2.30. The molecule has 0 aliphatic rings. The number of carbonyl (C=O) groups is 2. The Morgan fingerprint density at radius 3 is 2.22 bits per heavy atom. The number of rotatable bonds is 7. The number of nitrogens with one attached hydrogen (secondary N) is 1. The minimum absolute atomic E-state index is 0.127. The fourth-order valence-electron chi connectivity index (χ4n) is 3.06. The number of halogens is 1. The predicted octanol–water partition coefficient (Wildman–Crippen LogP) is 3.54. The number of aryl methyl sites for hydroxylation is 2. The third-order valence-electron chi connectivity index (χ3n) is 4.83. The average molecular weight is 370 g/mol. The summed E-state index contributed by atoms with van der Waals surface area (Å²) >= 11 is 0. The standard InChI is InChI=1S/C22H27FN2O2/c1-5-20(22(27)24-4)25(14-17-8-10-19(23)11-9-17)21(26)13-18-7-6-15(2)16(3)12-18/h6-12,20H,5,13-14H2,1-4H3,(H,24,27)/t20-/m0/s1. The van der Waals surface area contributed by atoms with Gasteiger partial charge in [0.05, 0.1) is 6.42 Å². The van der Waals surface area contributed by atoms with Crippen molar-refractivity contribution in [1.29, 1.82) is 0 Å². The fourth-order valence-corrected chi connectivity index (χ4v) is 3.06. The summed E-state index contributed by atoms with van der Waals surface area (Å²) in [5.41, 5.74) is 4.00. The van der Waals surface area contributed by atoms with Crippen molar-refractivity contribution in [2.45, 2.75) is 46.2 Å². The van der Waals surface area contributed by atoms with Gasteiger partial charge in [-0.15, -0.1) is 0 Å². The normalized spacial score (nSPS) is 11.7. The predicted molar refractivity (Wildman–Crippen MR) is 105 cm³/mol. The average Bonchev–Trinajstić information content (AvgIpc) is 2.65. The Hall–Kier alpha value is -2.69. The maximum Gasteiger partial charge on any atom is 0.242 e. The molecular formula is C22H27FN2O2. The highest BCUT2D eigenvalue weighted by atomic mass is 19.1. The molecule has 0 radical (unpaired) electrons. The van der Waals surface area contributed by atoms with Crippen LogP contribution in [0.5, 0.6) is 0 Å². The van der Waals surface area contributed by atoms with E-state index in [1.165, 1.54) is 17.7 Å². The van der Waals surface area contributed by atoms with Gasteiger partial charge in [-0.2, -0.15) is 0 Å². The summed E-state index contributed by atoms with van der Waals surface area (Å²) in [5.74, 6) is -0.656. The number of benzene rings is 2. The molecule has 2 rings (SSSR count). The van der Waals surface area contributed by atoms with Crippen molar-refractivity contribution in [2.24, 2.45) is 0 Å². The van der Waals surface area contributed by atoms with Crippen LogP contribution in [0.15, 0.2) is 42.5 Å². The van der Waals surface area contributed by atoms with Gasteiger partial charge in [-0.3, -0.25) is 9.59 Å². The number of amides is 2. The van der Waals surface area contributed by atoms with E-state index in [-0.39, 0.29) is 30.6 Å².